The summed E-state index contributed by atoms with van der Waals surface area (Å²) in [5, 5.41) is 13.6. The molecule has 4 rings (SSSR count). The predicted molar refractivity (Wildman–Crippen MR) is 99.8 cm³/mol. The average Bonchev–Trinajstić information content (AvgIpc) is 3.17. The Hall–Kier alpha value is -2.39. The largest absolute Gasteiger partial charge is 0.389 e. The standard InChI is InChI=1S/C22H23NO2/c24-21(23-14-6-7-15-23)20(22(25)12-4-1-5-13-22)19-11-10-17-8-2-3-9-18(17)16-19/h2-3,6-11,14-16,20,25H,1,4-5,12-13H2. The minimum Gasteiger partial charge on any atom is -0.389 e. The van der Waals surface area contributed by atoms with Crippen LogP contribution in [0.4, 0.5) is 0 Å². The number of carbonyl (C=O) groups is 1. The lowest BCUT2D eigenvalue weighted by molar-refractivity contribution is -0.0181. The van der Waals surface area contributed by atoms with Crippen molar-refractivity contribution in [1.82, 2.24) is 4.57 Å². The molecule has 3 heteroatoms. The van der Waals surface area contributed by atoms with Gasteiger partial charge in [0.2, 0.25) is 5.91 Å². The first-order chi connectivity index (χ1) is 12.2. The number of aliphatic hydroxyl groups is 1. The maximum Gasteiger partial charge on any atom is 0.241 e. The third-order valence-electron chi connectivity index (χ3n) is 5.47. The van der Waals surface area contributed by atoms with Crippen molar-refractivity contribution >= 4 is 16.7 Å². The van der Waals surface area contributed by atoms with Crippen molar-refractivity contribution in [2.75, 3.05) is 0 Å². The molecule has 3 aromatic rings. The molecule has 1 saturated carbocycles. The molecule has 1 fully saturated rings. The fraction of sp³-hybridized carbons (Fsp3) is 0.318. The molecule has 1 heterocycles. The van der Waals surface area contributed by atoms with Crippen molar-refractivity contribution in [3.8, 4) is 0 Å². The summed E-state index contributed by atoms with van der Waals surface area (Å²) in [6, 6.07) is 17.9. The molecule has 25 heavy (non-hydrogen) atoms. The van der Waals surface area contributed by atoms with Crippen LogP contribution in [0, 0.1) is 0 Å². The molecule has 0 radical (unpaired) electrons. The summed E-state index contributed by atoms with van der Waals surface area (Å²) in [7, 11) is 0. The van der Waals surface area contributed by atoms with Gasteiger partial charge in [-0.2, -0.15) is 0 Å². The summed E-state index contributed by atoms with van der Waals surface area (Å²) >= 11 is 0. The number of hydrogen-bond donors (Lipinski definition) is 1. The van der Waals surface area contributed by atoms with Crippen molar-refractivity contribution in [2.24, 2.45) is 0 Å². The Labute approximate surface area is 147 Å². The lowest BCUT2D eigenvalue weighted by atomic mass is 9.72. The predicted octanol–water partition coefficient (Wildman–Crippen LogP) is 4.76. The normalized spacial score (nSPS) is 18.1. The minimum atomic E-state index is -0.970. The number of hydrogen-bond acceptors (Lipinski definition) is 2. The monoisotopic (exact) mass is 333 g/mol. The van der Waals surface area contributed by atoms with Crippen LogP contribution in [0.5, 0.6) is 0 Å². The van der Waals surface area contributed by atoms with E-state index < -0.39 is 11.5 Å². The number of nitrogens with zero attached hydrogens (tertiary/aromatic N) is 1. The molecular formula is C22H23NO2. The second kappa shape index (κ2) is 6.49. The molecule has 0 aliphatic heterocycles. The van der Waals surface area contributed by atoms with E-state index in [4.69, 9.17) is 0 Å². The number of benzene rings is 2. The fourth-order valence-corrected chi connectivity index (χ4v) is 4.15. The van der Waals surface area contributed by atoms with Gasteiger partial charge in [-0.15, -0.1) is 0 Å². The minimum absolute atomic E-state index is 0.0512. The molecule has 1 atom stereocenters. The van der Waals surface area contributed by atoms with Crippen molar-refractivity contribution < 1.29 is 9.90 Å². The molecule has 128 valence electrons. The Bertz CT molecular complexity index is 876. The highest BCUT2D eigenvalue weighted by molar-refractivity contribution is 5.90. The van der Waals surface area contributed by atoms with Gasteiger partial charge in [0.1, 0.15) is 0 Å². The van der Waals surface area contributed by atoms with Crippen LogP contribution in [0.2, 0.25) is 0 Å². The molecule has 1 aromatic heterocycles. The Morgan fingerprint density at radius 3 is 2.32 bits per heavy atom. The molecule has 0 spiro atoms. The van der Waals surface area contributed by atoms with Gasteiger partial charge in [0.05, 0.1) is 11.5 Å². The van der Waals surface area contributed by atoms with Crippen molar-refractivity contribution in [3.63, 3.8) is 0 Å². The Balaban J connectivity index is 1.82. The first kappa shape index (κ1) is 16.1. The SMILES string of the molecule is O=C(C(c1ccc2ccccc2c1)C1(O)CCCCC1)n1cccc1. The van der Waals surface area contributed by atoms with Crippen LogP contribution in [0.25, 0.3) is 10.8 Å². The summed E-state index contributed by atoms with van der Waals surface area (Å²) in [5.41, 5.74) is -0.0657. The highest BCUT2D eigenvalue weighted by Crippen LogP contribution is 2.41. The van der Waals surface area contributed by atoms with E-state index in [1.54, 1.807) is 17.0 Å². The fourth-order valence-electron chi connectivity index (χ4n) is 4.15. The molecule has 1 aliphatic carbocycles. The molecule has 2 aromatic carbocycles. The third kappa shape index (κ3) is 3.00. The lowest BCUT2D eigenvalue weighted by Crippen LogP contribution is -2.43. The molecule has 3 nitrogen and oxygen atoms in total. The van der Waals surface area contributed by atoms with Gasteiger partial charge in [-0.1, -0.05) is 61.7 Å². The van der Waals surface area contributed by atoms with Crippen LogP contribution >= 0.6 is 0 Å². The molecule has 0 saturated heterocycles. The van der Waals surface area contributed by atoms with Crippen molar-refractivity contribution in [1.29, 1.82) is 0 Å². The van der Waals surface area contributed by atoms with Gasteiger partial charge in [0, 0.05) is 12.4 Å². The summed E-state index contributed by atoms with van der Waals surface area (Å²) in [6.07, 6.45) is 7.96. The Kier molecular flexibility index (Phi) is 4.18. The molecule has 0 amide bonds. The van der Waals surface area contributed by atoms with Crippen LogP contribution < -0.4 is 0 Å². The maximum absolute atomic E-state index is 13.2. The van der Waals surface area contributed by atoms with Crippen LogP contribution in [-0.4, -0.2) is 21.2 Å². The van der Waals surface area contributed by atoms with E-state index >= 15 is 0 Å². The van der Waals surface area contributed by atoms with Gasteiger partial charge < -0.3 is 5.11 Å². The summed E-state index contributed by atoms with van der Waals surface area (Å²) in [4.78, 5) is 13.2. The van der Waals surface area contributed by atoms with E-state index in [1.165, 1.54) is 0 Å². The highest BCUT2D eigenvalue weighted by atomic mass is 16.3. The number of fused-ring (bicyclic) bond motifs is 1. The van der Waals surface area contributed by atoms with Gasteiger partial charge in [0.15, 0.2) is 0 Å². The van der Waals surface area contributed by atoms with E-state index in [2.05, 4.69) is 18.2 Å². The first-order valence-corrected chi connectivity index (χ1v) is 9.06. The lowest BCUT2D eigenvalue weighted by Gasteiger charge is -2.38. The van der Waals surface area contributed by atoms with Gasteiger partial charge in [-0.05, 0) is 41.3 Å². The van der Waals surface area contributed by atoms with Gasteiger partial charge in [-0.25, -0.2) is 0 Å². The van der Waals surface area contributed by atoms with Crippen molar-refractivity contribution in [2.45, 2.75) is 43.6 Å². The zero-order valence-corrected chi connectivity index (χ0v) is 14.3. The smallest absolute Gasteiger partial charge is 0.241 e. The van der Waals surface area contributed by atoms with Crippen LogP contribution in [0.1, 0.15) is 48.4 Å². The van der Waals surface area contributed by atoms with Gasteiger partial charge >= 0.3 is 0 Å². The van der Waals surface area contributed by atoms with Gasteiger partial charge in [0.25, 0.3) is 0 Å². The number of rotatable bonds is 3. The van der Waals surface area contributed by atoms with E-state index in [9.17, 15) is 9.90 Å². The Morgan fingerprint density at radius 1 is 0.920 bits per heavy atom. The number of aromatic nitrogens is 1. The molecule has 1 aliphatic rings. The van der Waals surface area contributed by atoms with Crippen LogP contribution in [-0.2, 0) is 0 Å². The van der Waals surface area contributed by atoms with E-state index in [0.29, 0.717) is 12.8 Å². The number of carbonyl (C=O) groups excluding carboxylic acids is 1. The van der Waals surface area contributed by atoms with Crippen molar-refractivity contribution in [3.05, 3.63) is 72.6 Å². The quantitative estimate of drug-likeness (QED) is 0.751. The van der Waals surface area contributed by atoms with Gasteiger partial charge in [-0.3, -0.25) is 9.36 Å². The van der Waals surface area contributed by atoms with E-state index in [1.807, 2.05) is 36.4 Å². The Morgan fingerprint density at radius 2 is 1.60 bits per heavy atom. The third-order valence-corrected chi connectivity index (χ3v) is 5.47. The highest BCUT2D eigenvalue weighted by Gasteiger charge is 2.43. The zero-order chi connectivity index (χ0) is 17.3. The summed E-state index contributed by atoms with van der Waals surface area (Å²) in [6.45, 7) is 0. The van der Waals surface area contributed by atoms with E-state index in [-0.39, 0.29) is 5.91 Å². The molecule has 1 unspecified atom stereocenters. The van der Waals surface area contributed by atoms with Crippen LogP contribution in [0.3, 0.4) is 0 Å². The first-order valence-electron chi connectivity index (χ1n) is 9.06. The summed E-state index contributed by atoms with van der Waals surface area (Å²) in [5.74, 6) is -0.588. The second-order valence-corrected chi connectivity index (χ2v) is 7.13. The zero-order valence-electron chi connectivity index (χ0n) is 14.3. The van der Waals surface area contributed by atoms with E-state index in [0.717, 1.165) is 35.6 Å². The van der Waals surface area contributed by atoms with Crippen LogP contribution in [0.15, 0.2) is 67.0 Å². The summed E-state index contributed by atoms with van der Waals surface area (Å²) < 4.78 is 1.60. The molecule has 1 N–H and O–H groups in total. The molecule has 0 bridgehead atoms. The average molecular weight is 333 g/mol. The second-order valence-electron chi connectivity index (χ2n) is 7.13. The topological polar surface area (TPSA) is 42.2 Å². The maximum atomic E-state index is 13.2. The molecular weight excluding hydrogens is 310 g/mol.